The van der Waals surface area contributed by atoms with Crippen molar-refractivity contribution in [3.8, 4) is 0 Å². The molecule has 1 rings (SSSR count). The second-order valence-corrected chi connectivity index (χ2v) is 4.74. The van der Waals surface area contributed by atoms with E-state index >= 15 is 0 Å². The molecule has 0 aliphatic heterocycles. The van der Waals surface area contributed by atoms with Gasteiger partial charge >= 0.3 is 6.18 Å². The number of nitrogens with zero attached hydrogens (tertiary/aromatic N) is 1. The number of carbonyl (C=O) groups is 1. The van der Waals surface area contributed by atoms with E-state index < -0.39 is 18.5 Å². The largest absolute Gasteiger partial charge is 0.397 e. The quantitative estimate of drug-likeness (QED) is 0.710. The normalized spacial score (nSPS) is 24.0. The first-order valence-electron chi connectivity index (χ1n) is 6.33. The van der Waals surface area contributed by atoms with Crippen LogP contribution in [0.1, 0.15) is 40.0 Å². The Morgan fingerprint density at radius 3 is 2.50 bits per heavy atom. The van der Waals surface area contributed by atoms with E-state index in [1.54, 1.807) is 6.92 Å². The molecular weight excluding hydrogens is 243 g/mol. The maximum Gasteiger partial charge on any atom is 0.397 e. The number of hydrogen-bond acceptors (Lipinski definition) is 1. The van der Waals surface area contributed by atoms with Crippen LogP contribution in [0.5, 0.6) is 0 Å². The summed E-state index contributed by atoms with van der Waals surface area (Å²) in [5.41, 5.74) is 1.18. The van der Waals surface area contributed by atoms with Gasteiger partial charge in [0.2, 0.25) is 5.91 Å². The number of amides is 1. The topological polar surface area (TPSA) is 20.3 Å². The van der Waals surface area contributed by atoms with Crippen LogP contribution >= 0.6 is 0 Å². The van der Waals surface area contributed by atoms with Gasteiger partial charge in [0, 0.05) is 18.5 Å². The average Bonchev–Trinajstić information content (AvgIpc) is 2.58. The second kappa shape index (κ2) is 5.76. The molecule has 0 saturated heterocycles. The van der Waals surface area contributed by atoms with E-state index in [1.165, 1.54) is 10.5 Å². The summed E-state index contributed by atoms with van der Waals surface area (Å²) in [6, 6.07) is -0.102. The van der Waals surface area contributed by atoms with Gasteiger partial charge in [-0.15, -0.1) is 0 Å². The summed E-state index contributed by atoms with van der Waals surface area (Å²) in [5, 5.41) is 0. The zero-order valence-corrected chi connectivity index (χ0v) is 11.0. The van der Waals surface area contributed by atoms with Crippen molar-refractivity contribution in [3.05, 3.63) is 11.6 Å². The van der Waals surface area contributed by atoms with Gasteiger partial charge in [0.25, 0.3) is 0 Å². The third kappa shape index (κ3) is 3.50. The molecule has 0 heterocycles. The Bertz CT molecular complexity index is 336. The Hall–Kier alpha value is -1.00. The third-order valence-electron chi connectivity index (χ3n) is 3.58. The number of carbonyl (C=O) groups excluding carboxylic acids is 1. The van der Waals surface area contributed by atoms with Gasteiger partial charge in [0.1, 0.15) is 6.42 Å². The fourth-order valence-corrected chi connectivity index (χ4v) is 2.73. The molecule has 0 aromatic heterocycles. The van der Waals surface area contributed by atoms with Crippen molar-refractivity contribution in [1.29, 1.82) is 0 Å². The van der Waals surface area contributed by atoms with Crippen LogP contribution in [-0.2, 0) is 4.79 Å². The first kappa shape index (κ1) is 15.1. The molecule has 18 heavy (non-hydrogen) atoms. The predicted octanol–water partition coefficient (Wildman–Crippen LogP) is 3.53. The summed E-state index contributed by atoms with van der Waals surface area (Å²) < 4.78 is 36.9. The summed E-state index contributed by atoms with van der Waals surface area (Å²) in [7, 11) is 0. The number of alkyl halides is 3. The molecule has 1 aliphatic rings. The lowest BCUT2D eigenvalue weighted by molar-refractivity contribution is -0.163. The molecule has 2 nitrogen and oxygen atoms in total. The van der Waals surface area contributed by atoms with Crippen molar-refractivity contribution < 1.29 is 18.0 Å². The third-order valence-corrected chi connectivity index (χ3v) is 3.58. The van der Waals surface area contributed by atoms with Gasteiger partial charge in [0.05, 0.1) is 0 Å². The van der Waals surface area contributed by atoms with Gasteiger partial charge in [-0.3, -0.25) is 4.79 Å². The van der Waals surface area contributed by atoms with Crippen LogP contribution in [0.2, 0.25) is 0 Å². The maximum absolute atomic E-state index is 12.3. The zero-order chi connectivity index (χ0) is 13.9. The highest BCUT2D eigenvalue weighted by molar-refractivity contribution is 5.77. The van der Waals surface area contributed by atoms with E-state index in [2.05, 4.69) is 0 Å². The van der Waals surface area contributed by atoms with Crippen molar-refractivity contribution in [1.82, 2.24) is 4.90 Å². The Morgan fingerprint density at radius 2 is 2.06 bits per heavy atom. The summed E-state index contributed by atoms with van der Waals surface area (Å²) in [5.74, 6) is -0.612. The van der Waals surface area contributed by atoms with Crippen LogP contribution in [0.3, 0.4) is 0 Å². The van der Waals surface area contributed by atoms with Gasteiger partial charge in [0.15, 0.2) is 0 Å². The molecule has 0 saturated carbocycles. The van der Waals surface area contributed by atoms with Crippen LogP contribution in [-0.4, -0.2) is 29.6 Å². The highest BCUT2D eigenvalue weighted by Crippen LogP contribution is 2.33. The van der Waals surface area contributed by atoms with E-state index in [0.29, 0.717) is 13.0 Å². The summed E-state index contributed by atoms with van der Waals surface area (Å²) in [6.07, 6.45) is -2.23. The van der Waals surface area contributed by atoms with Gasteiger partial charge in [-0.25, -0.2) is 0 Å². The Morgan fingerprint density at radius 1 is 1.44 bits per heavy atom. The van der Waals surface area contributed by atoms with Crippen molar-refractivity contribution in [2.24, 2.45) is 5.92 Å². The Balaban J connectivity index is 2.76. The van der Waals surface area contributed by atoms with E-state index in [-0.39, 0.29) is 12.0 Å². The lowest BCUT2D eigenvalue weighted by Gasteiger charge is -2.33. The molecule has 104 valence electrons. The van der Waals surface area contributed by atoms with Gasteiger partial charge in [-0.05, 0) is 26.7 Å². The van der Waals surface area contributed by atoms with E-state index in [4.69, 9.17) is 0 Å². The maximum atomic E-state index is 12.3. The lowest BCUT2D eigenvalue weighted by atomic mass is 9.94. The summed E-state index contributed by atoms with van der Waals surface area (Å²) in [4.78, 5) is 13.1. The molecule has 2 unspecified atom stereocenters. The molecule has 1 aliphatic carbocycles. The average molecular weight is 263 g/mol. The number of hydrogen-bond donors (Lipinski definition) is 0. The first-order chi connectivity index (χ1) is 8.30. The van der Waals surface area contributed by atoms with E-state index in [0.717, 1.165) is 6.42 Å². The van der Waals surface area contributed by atoms with Crippen LogP contribution in [0.15, 0.2) is 11.6 Å². The number of rotatable bonds is 4. The highest BCUT2D eigenvalue weighted by Gasteiger charge is 2.38. The summed E-state index contributed by atoms with van der Waals surface area (Å²) >= 11 is 0. The molecule has 0 aromatic carbocycles. The monoisotopic (exact) mass is 263 g/mol. The number of halogens is 3. The van der Waals surface area contributed by atoms with Crippen molar-refractivity contribution in [2.45, 2.75) is 52.3 Å². The lowest BCUT2D eigenvalue weighted by Crippen LogP contribution is -2.44. The fraction of sp³-hybridized carbons (Fsp3) is 0.769. The Kier molecular flexibility index (Phi) is 4.82. The van der Waals surface area contributed by atoms with E-state index in [9.17, 15) is 18.0 Å². The molecule has 0 spiro atoms. The van der Waals surface area contributed by atoms with Gasteiger partial charge in [-0.1, -0.05) is 18.6 Å². The van der Waals surface area contributed by atoms with Gasteiger partial charge < -0.3 is 4.90 Å². The minimum Gasteiger partial charge on any atom is -0.339 e. The fourth-order valence-electron chi connectivity index (χ4n) is 2.73. The summed E-state index contributed by atoms with van der Waals surface area (Å²) in [6.45, 7) is 6.05. The van der Waals surface area contributed by atoms with Crippen molar-refractivity contribution in [2.75, 3.05) is 6.54 Å². The standard InChI is InChI=1S/C13H20F3NO/c1-4-10-9(3)6-7-11(10)17(5-2)12(18)8-13(14,15)16/h6,10-11H,4-5,7-8H2,1-3H3. The minimum atomic E-state index is -4.42. The van der Waals surface area contributed by atoms with Crippen LogP contribution < -0.4 is 0 Å². The predicted molar refractivity (Wildman–Crippen MR) is 64.0 cm³/mol. The molecule has 0 bridgehead atoms. The molecule has 2 atom stereocenters. The van der Waals surface area contributed by atoms with Crippen molar-refractivity contribution >= 4 is 5.91 Å². The minimum absolute atomic E-state index is 0.102. The zero-order valence-electron chi connectivity index (χ0n) is 11.0. The molecule has 5 heteroatoms. The second-order valence-electron chi connectivity index (χ2n) is 4.74. The van der Waals surface area contributed by atoms with Crippen molar-refractivity contribution in [3.63, 3.8) is 0 Å². The molecular formula is C13H20F3NO. The molecule has 0 N–H and O–H groups in total. The van der Waals surface area contributed by atoms with Crippen LogP contribution in [0.4, 0.5) is 13.2 Å². The SMILES string of the molecule is CCC1C(C)=CCC1N(CC)C(=O)CC(F)(F)F. The van der Waals surface area contributed by atoms with Crippen LogP contribution in [0, 0.1) is 5.92 Å². The Labute approximate surface area is 106 Å². The highest BCUT2D eigenvalue weighted by atomic mass is 19.4. The van der Waals surface area contributed by atoms with E-state index in [1.807, 2.05) is 19.9 Å². The molecule has 0 aromatic rings. The molecule has 0 radical (unpaired) electrons. The smallest absolute Gasteiger partial charge is 0.339 e. The first-order valence-corrected chi connectivity index (χ1v) is 6.33. The molecule has 0 fully saturated rings. The molecule has 1 amide bonds. The van der Waals surface area contributed by atoms with Crippen LogP contribution in [0.25, 0.3) is 0 Å². The van der Waals surface area contributed by atoms with Gasteiger partial charge in [-0.2, -0.15) is 13.2 Å².